The minimum atomic E-state index is -1.01. The number of carbonyl (C=O) groups is 1. The van der Waals surface area contributed by atoms with Crippen LogP contribution in [0.1, 0.15) is 16.1 Å². The highest BCUT2D eigenvalue weighted by Crippen LogP contribution is 2.24. The number of hydrogen-bond donors (Lipinski definition) is 2. The zero-order chi connectivity index (χ0) is 11.7. The van der Waals surface area contributed by atoms with Crippen LogP contribution >= 0.6 is 15.9 Å². The van der Waals surface area contributed by atoms with E-state index in [9.17, 15) is 4.79 Å². The fourth-order valence-corrected chi connectivity index (χ4v) is 1.71. The lowest BCUT2D eigenvalue weighted by Crippen LogP contribution is -1.95. The topological polar surface area (TPSA) is 66.0 Å². The third kappa shape index (κ3) is 1.99. The summed E-state index contributed by atoms with van der Waals surface area (Å²) in [6.07, 6.45) is 0. The van der Waals surface area contributed by atoms with Crippen molar-refractivity contribution >= 4 is 21.9 Å². The molecule has 5 heteroatoms. The molecule has 2 rings (SSSR count). The molecular formula is C11H9BrN2O2. The Morgan fingerprint density at radius 1 is 1.44 bits per heavy atom. The molecule has 2 N–H and O–H groups in total. The van der Waals surface area contributed by atoms with Crippen LogP contribution < -0.4 is 0 Å². The highest BCUT2D eigenvalue weighted by molar-refractivity contribution is 9.10. The van der Waals surface area contributed by atoms with E-state index in [2.05, 4.69) is 26.1 Å². The van der Waals surface area contributed by atoms with E-state index in [4.69, 9.17) is 5.11 Å². The van der Waals surface area contributed by atoms with Crippen molar-refractivity contribution in [1.29, 1.82) is 0 Å². The van der Waals surface area contributed by atoms with Crippen molar-refractivity contribution in [2.75, 3.05) is 0 Å². The maximum absolute atomic E-state index is 10.7. The zero-order valence-corrected chi connectivity index (χ0v) is 10.1. The summed E-state index contributed by atoms with van der Waals surface area (Å²) >= 11 is 3.42. The molecule has 4 nitrogen and oxygen atoms in total. The lowest BCUT2D eigenvalue weighted by atomic mass is 10.1. The summed E-state index contributed by atoms with van der Waals surface area (Å²) in [7, 11) is 0. The van der Waals surface area contributed by atoms with Crippen LogP contribution in [0.25, 0.3) is 11.3 Å². The second-order valence-electron chi connectivity index (χ2n) is 3.44. The van der Waals surface area contributed by atoms with Crippen LogP contribution in [0.15, 0.2) is 28.7 Å². The highest BCUT2D eigenvalue weighted by atomic mass is 79.9. The average molecular weight is 281 g/mol. The highest BCUT2D eigenvalue weighted by Gasteiger charge is 2.09. The summed E-state index contributed by atoms with van der Waals surface area (Å²) in [5.41, 5.74) is 2.71. The van der Waals surface area contributed by atoms with Gasteiger partial charge in [0.15, 0.2) is 0 Å². The first-order valence-corrected chi connectivity index (χ1v) is 5.42. The first kappa shape index (κ1) is 10.9. The van der Waals surface area contributed by atoms with Crippen molar-refractivity contribution in [2.45, 2.75) is 6.92 Å². The molecule has 0 unspecified atom stereocenters. The van der Waals surface area contributed by atoms with Crippen LogP contribution in [0, 0.1) is 6.92 Å². The van der Waals surface area contributed by atoms with Gasteiger partial charge in [0.2, 0.25) is 0 Å². The van der Waals surface area contributed by atoms with Crippen LogP contribution in [-0.2, 0) is 0 Å². The molecule has 0 bridgehead atoms. The molecule has 0 saturated heterocycles. The number of carboxylic acids is 1. The summed E-state index contributed by atoms with van der Waals surface area (Å²) < 4.78 is 0.977. The summed E-state index contributed by atoms with van der Waals surface area (Å²) in [4.78, 5) is 10.7. The van der Waals surface area contributed by atoms with Crippen LogP contribution in [0.3, 0.4) is 0 Å². The van der Waals surface area contributed by atoms with Crippen molar-refractivity contribution in [3.05, 3.63) is 40.0 Å². The number of aromatic nitrogens is 2. The number of aromatic carboxylic acids is 1. The third-order valence-electron chi connectivity index (χ3n) is 2.28. The van der Waals surface area contributed by atoms with E-state index in [1.807, 2.05) is 25.1 Å². The number of H-pyrrole nitrogens is 1. The van der Waals surface area contributed by atoms with Gasteiger partial charge in [-0.15, -0.1) is 0 Å². The molecule has 0 aliphatic carbocycles. The van der Waals surface area contributed by atoms with Gasteiger partial charge in [-0.05, 0) is 24.6 Å². The molecule has 1 heterocycles. The number of nitrogens with zero attached hydrogens (tertiary/aromatic N) is 1. The maximum atomic E-state index is 10.7. The zero-order valence-electron chi connectivity index (χ0n) is 8.49. The lowest BCUT2D eigenvalue weighted by molar-refractivity contribution is 0.0690. The Morgan fingerprint density at radius 2 is 2.19 bits per heavy atom. The normalized spacial score (nSPS) is 10.4. The number of rotatable bonds is 2. The van der Waals surface area contributed by atoms with Crippen molar-refractivity contribution in [1.82, 2.24) is 10.2 Å². The number of aryl methyl sites for hydroxylation is 1. The summed E-state index contributed by atoms with van der Waals surface area (Å²) in [6.45, 7) is 1.99. The van der Waals surface area contributed by atoms with E-state index in [1.165, 1.54) is 6.07 Å². The molecule has 0 saturated carbocycles. The fraction of sp³-hybridized carbons (Fsp3) is 0.0909. The van der Waals surface area contributed by atoms with Gasteiger partial charge >= 0.3 is 5.97 Å². The van der Waals surface area contributed by atoms with E-state index < -0.39 is 5.97 Å². The second-order valence-corrected chi connectivity index (χ2v) is 4.29. The number of hydrogen-bond acceptors (Lipinski definition) is 2. The van der Waals surface area contributed by atoms with Crippen LogP contribution in [0.4, 0.5) is 0 Å². The monoisotopic (exact) mass is 280 g/mol. The predicted molar refractivity (Wildman–Crippen MR) is 63.4 cm³/mol. The van der Waals surface area contributed by atoms with Crippen molar-refractivity contribution in [3.63, 3.8) is 0 Å². The number of halogens is 1. The average Bonchev–Trinajstić information content (AvgIpc) is 2.71. The Labute approximate surface area is 100 Å². The lowest BCUT2D eigenvalue weighted by Gasteiger charge is -2.00. The summed E-state index contributed by atoms with van der Waals surface area (Å²) in [5, 5.41) is 15.2. The molecule has 0 atom stereocenters. The summed E-state index contributed by atoms with van der Waals surface area (Å²) in [6, 6.07) is 7.28. The second kappa shape index (κ2) is 4.09. The number of nitrogens with one attached hydrogen (secondary N) is 1. The smallest absolute Gasteiger partial charge is 0.353 e. The Hall–Kier alpha value is -1.62. The van der Waals surface area contributed by atoms with Crippen molar-refractivity contribution in [3.8, 4) is 11.3 Å². The molecule has 0 amide bonds. The number of benzene rings is 1. The van der Waals surface area contributed by atoms with E-state index in [1.54, 1.807) is 0 Å². The van der Waals surface area contributed by atoms with Gasteiger partial charge in [0.1, 0.15) is 5.69 Å². The number of carboxylic acid groups (broad SMARTS) is 1. The molecule has 1 aromatic heterocycles. The van der Waals surface area contributed by atoms with Gasteiger partial charge in [-0.1, -0.05) is 28.1 Å². The molecule has 16 heavy (non-hydrogen) atoms. The molecule has 0 aliphatic rings. The van der Waals surface area contributed by atoms with Gasteiger partial charge < -0.3 is 5.11 Å². The Kier molecular flexibility index (Phi) is 2.78. The molecule has 0 fully saturated rings. The SMILES string of the molecule is Cc1ccc(-c2cc(C(=O)O)[nH]n2)cc1Br. The van der Waals surface area contributed by atoms with Crippen molar-refractivity contribution in [2.24, 2.45) is 0 Å². The molecule has 1 aromatic carbocycles. The van der Waals surface area contributed by atoms with E-state index in [0.717, 1.165) is 15.6 Å². The van der Waals surface area contributed by atoms with Gasteiger partial charge in [-0.3, -0.25) is 5.10 Å². The minimum absolute atomic E-state index is 0.0895. The number of aromatic amines is 1. The van der Waals surface area contributed by atoms with E-state index >= 15 is 0 Å². The molecule has 82 valence electrons. The molecular weight excluding hydrogens is 272 g/mol. The molecule has 0 spiro atoms. The molecule has 0 radical (unpaired) electrons. The first-order chi connectivity index (χ1) is 7.58. The van der Waals surface area contributed by atoms with Crippen LogP contribution in [-0.4, -0.2) is 21.3 Å². The maximum Gasteiger partial charge on any atom is 0.353 e. The summed E-state index contributed by atoms with van der Waals surface area (Å²) in [5.74, 6) is -1.01. The molecule has 0 aliphatic heterocycles. The largest absolute Gasteiger partial charge is 0.477 e. The van der Waals surface area contributed by atoms with E-state index in [0.29, 0.717) is 5.69 Å². The van der Waals surface area contributed by atoms with Gasteiger partial charge in [0.05, 0.1) is 5.69 Å². The van der Waals surface area contributed by atoms with Gasteiger partial charge in [0, 0.05) is 10.0 Å². The van der Waals surface area contributed by atoms with Crippen LogP contribution in [0.2, 0.25) is 0 Å². The van der Waals surface area contributed by atoms with Crippen LogP contribution in [0.5, 0.6) is 0 Å². The van der Waals surface area contributed by atoms with Gasteiger partial charge in [-0.25, -0.2) is 4.79 Å². The van der Waals surface area contributed by atoms with Gasteiger partial charge in [0.25, 0.3) is 0 Å². The molecule has 2 aromatic rings. The third-order valence-corrected chi connectivity index (χ3v) is 3.13. The Morgan fingerprint density at radius 3 is 2.75 bits per heavy atom. The predicted octanol–water partition coefficient (Wildman–Crippen LogP) is 2.85. The quantitative estimate of drug-likeness (QED) is 0.889. The Balaban J connectivity index is 2.42. The van der Waals surface area contributed by atoms with E-state index in [-0.39, 0.29) is 5.69 Å². The minimum Gasteiger partial charge on any atom is -0.477 e. The van der Waals surface area contributed by atoms with Gasteiger partial charge in [-0.2, -0.15) is 5.10 Å². The van der Waals surface area contributed by atoms with Crippen molar-refractivity contribution < 1.29 is 9.90 Å². The first-order valence-electron chi connectivity index (χ1n) is 4.63. The standard InChI is InChI=1S/C11H9BrN2O2/c1-6-2-3-7(4-8(6)12)9-5-10(11(15)16)14-13-9/h2-5H,1H3,(H,13,14)(H,15,16). The Bertz CT molecular complexity index is 549. The fourth-order valence-electron chi connectivity index (χ4n) is 1.33.